The largest absolute Gasteiger partial charge is 0.490 e. The lowest BCUT2D eigenvalue weighted by molar-refractivity contribution is -0.192. The predicted molar refractivity (Wildman–Crippen MR) is 138 cm³/mol. The first kappa shape index (κ1) is 31.6. The number of hydrogen-bond acceptors (Lipinski definition) is 7. The smallest absolute Gasteiger partial charge is 0.475 e. The molecule has 1 atom stereocenters. The van der Waals surface area contributed by atoms with Crippen LogP contribution in [0.25, 0.3) is 10.8 Å². The third kappa shape index (κ3) is 8.43. The van der Waals surface area contributed by atoms with Gasteiger partial charge in [0.15, 0.2) is 0 Å². The average molecular weight is 587 g/mol. The van der Waals surface area contributed by atoms with Gasteiger partial charge in [-0.05, 0) is 42.0 Å². The number of hydrogen-bond donors (Lipinski definition) is 6. The second kappa shape index (κ2) is 12.9. The van der Waals surface area contributed by atoms with E-state index in [4.69, 9.17) is 31.6 Å². The fourth-order valence-corrected chi connectivity index (χ4v) is 4.44. The Hall–Kier alpha value is -4.64. The molecule has 40 heavy (non-hydrogen) atoms. The number of nitrogens with two attached hydrogens (primary N) is 2. The van der Waals surface area contributed by atoms with Gasteiger partial charge in [0.25, 0.3) is 15.6 Å². The molecular weight excluding hydrogens is 561 g/mol. The summed E-state index contributed by atoms with van der Waals surface area (Å²) in [6.45, 7) is 1.50. The zero-order valence-corrected chi connectivity index (χ0v) is 21.5. The van der Waals surface area contributed by atoms with E-state index < -0.39 is 45.6 Å². The zero-order valence-electron chi connectivity index (χ0n) is 20.7. The summed E-state index contributed by atoms with van der Waals surface area (Å²) in [6.07, 6.45) is -5.10. The topological polar surface area (TPSA) is 220 Å². The highest BCUT2D eigenvalue weighted by atomic mass is 32.2. The van der Waals surface area contributed by atoms with E-state index in [2.05, 4.69) is 10.2 Å². The van der Waals surface area contributed by atoms with Gasteiger partial charge >= 0.3 is 12.1 Å². The summed E-state index contributed by atoms with van der Waals surface area (Å²) in [7, 11) is -4.08. The number of hydroxylamine groups is 1. The van der Waals surface area contributed by atoms with E-state index in [1.54, 1.807) is 25.1 Å². The van der Waals surface area contributed by atoms with Crippen molar-refractivity contribution in [3.63, 3.8) is 0 Å². The van der Waals surface area contributed by atoms with E-state index in [0.717, 1.165) is 15.3 Å². The molecule has 1 unspecified atom stereocenters. The van der Waals surface area contributed by atoms with Crippen LogP contribution in [0.3, 0.4) is 0 Å². The number of primary amides is 1. The summed E-state index contributed by atoms with van der Waals surface area (Å²) < 4.78 is 61.1. The first-order valence-corrected chi connectivity index (χ1v) is 12.6. The van der Waals surface area contributed by atoms with Crippen molar-refractivity contribution in [2.75, 3.05) is 11.3 Å². The molecule has 0 saturated carbocycles. The van der Waals surface area contributed by atoms with Crippen LogP contribution in [-0.2, 0) is 24.4 Å². The first-order valence-electron chi connectivity index (χ1n) is 11.1. The average Bonchev–Trinajstić information content (AvgIpc) is 2.86. The maximum Gasteiger partial charge on any atom is 0.490 e. The SMILES string of the molecule is Cc1ccc(NS(=O)(=O)c2ccc3ccccc3c2)c(=O)n1C(CCONC(=N)N)C(N)=O.O=C(O)C(F)(F)F. The number of fused-ring (bicyclic) bond motifs is 1. The van der Waals surface area contributed by atoms with E-state index in [9.17, 15) is 31.2 Å². The van der Waals surface area contributed by atoms with Crippen LogP contribution in [0.2, 0.25) is 0 Å². The molecular formula is C23H25F3N6O7S. The van der Waals surface area contributed by atoms with Gasteiger partial charge in [-0.3, -0.25) is 29.1 Å². The van der Waals surface area contributed by atoms with Gasteiger partial charge in [-0.1, -0.05) is 30.3 Å². The van der Waals surface area contributed by atoms with Crippen LogP contribution in [-0.4, -0.2) is 48.7 Å². The molecule has 3 aromatic rings. The highest BCUT2D eigenvalue weighted by Crippen LogP contribution is 2.21. The summed E-state index contributed by atoms with van der Waals surface area (Å²) in [5.74, 6) is -3.99. The van der Waals surface area contributed by atoms with Crippen LogP contribution < -0.4 is 27.2 Å². The van der Waals surface area contributed by atoms with Crippen LogP contribution in [0.15, 0.2) is 64.3 Å². The fourth-order valence-electron chi connectivity index (χ4n) is 3.35. The Labute approximate surface area is 225 Å². The van der Waals surface area contributed by atoms with Crippen molar-refractivity contribution < 1.29 is 41.1 Å². The number of amides is 1. The molecule has 8 N–H and O–H groups in total. The van der Waals surface area contributed by atoms with Crippen molar-refractivity contribution >= 4 is 44.3 Å². The molecule has 0 spiro atoms. The van der Waals surface area contributed by atoms with E-state index in [0.29, 0.717) is 5.69 Å². The number of halogens is 3. The van der Waals surface area contributed by atoms with Crippen LogP contribution in [0, 0.1) is 12.3 Å². The number of anilines is 1. The second-order valence-electron chi connectivity index (χ2n) is 8.05. The third-order valence-electron chi connectivity index (χ3n) is 5.15. The Morgan fingerprint density at radius 3 is 2.25 bits per heavy atom. The number of nitrogens with one attached hydrogen (secondary N) is 3. The standard InChI is InChI=1S/C21H24N6O5S.C2HF3O2/c1-13-6-9-17(20(29)27(13)18(19(22)28)10-11-32-25-21(23)24)26-33(30,31)16-8-7-14-4-2-3-5-15(14)12-16;3-2(4,5)1(6)7/h2-9,12,18,26H,10-11H2,1H3,(H2,22,28)(H4,23,24,25);(H,6,7). The number of carboxylic acid groups (broad SMARTS) is 1. The van der Waals surface area contributed by atoms with E-state index in [-0.39, 0.29) is 23.6 Å². The van der Waals surface area contributed by atoms with Crippen molar-refractivity contribution in [1.29, 1.82) is 5.41 Å². The molecule has 0 aliphatic carbocycles. The minimum absolute atomic E-state index is 0.0112. The molecule has 3 rings (SSSR count). The van der Waals surface area contributed by atoms with Crippen LogP contribution in [0.4, 0.5) is 18.9 Å². The normalized spacial score (nSPS) is 12.1. The lowest BCUT2D eigenvalue weighted by Crippen LogP contribution is -2.38. The van der Waals surface area contributed by atoms with E-state index in [1.807, 2.05) is 12.1 Å². The number of guanidine groups is 1. The number of aliphatic carboxylic acids is 1. The number of pyridine rings is 1. The zero-order chi connectivity index (χ0) is 30.3. The predicted octanol–water partition coefficient (Wildman–Crippen LogP) is 1.58. The monoisotopic (exact) mass is 586 g/mol. The van der Waals surface area contributed by atoms with Gasteiger partial charge in [-0.15, -0.1) is 0 Å². The van der Waals surface area contributed by atoms with E-state index in [1.165, 1.54) is 24.3 Å². The second-order valence-corrected chi connectivity index (χ2v) is 9.73. The first-order chi connectivity index (χ1) is 18.5. The van der Waals surface area contributed by atoms with Crippen molar-refractivity contribution in [2.24, 2.45) is 11.5 Å². The number of aryl methyl sites for hydroxylation is 1. The van der Waals surface area contributed by atoms with Gasteiger partial charge in [-0.2, -0.15) is 13.2 Å². The van der Waals surface area contributed by atoms with Crippen LogP contribution in [0.5, 0.6) is 0 Å². The fraction of sp³-hybridized carbons (Fsp3) is 0.217. The highest BCUT2D eigenvalue weighted by Gasteiger charge is 2.38. The van der Waals surface area contributed by atoms with Gasteiger partial charge in [0.1, 0.15) is 11.7 Å². The van der Waals surface area contributed by atoms with Crippen molar-refractivity contribution in [1.82, 2.24) is 10.0 Å². The molecule has 1 heterocycles. The third-order valence-corrected chi connectivity index (χ3v) is 6.52. The Balaban J connectivity index is 0.000000708. The lowest BCUT2D eigenvalue weighted by Gasteiger charge is -2.20. The molecule has 216 valence electrons. The summed E-state index contributed by atoms with van der Waals surface area (Å²) >= 11 is 0. The molecule has 0 bridgehead atoms. The van der Waals surface area contributed by atoms with Gasteiger partial charge in [-0.25, -0.2) is 18.7 Å². The minimum Gasteiger partial charge on any atom is -0.475 e. The summed E-state index contributed by atoms with van der Waals surface area (Å²) in [6, 6.07) is 13.6. The number of rotatable bonds is 9. The van der Waals surface area contributed by atoms with E-state index >= 15 is 0 Å². The Morgan fingerprint density at radius 2 is 1.70 bits per heavy atom. The molecule has 0 radical (unpaired) electrons. The van der Waals surface area contributed by atoms with Gasteiger partial charge in [0, 0.05) is 12.1 Å². The van der Waals surface area contributed by atoms with Crippen LogP contribution >= 0.6 is 0 Å². The quantitative estimate of drug-likeness (QED) is 0.0926. The maximum absolute atomic E-state index is 13.1. The van der Waals surface area contributed by atoms with Crippen molar-refractivity contribution in [2.45, 2.75) is 30.5 Å². The van der Waals surface area contributed by atoms with Gasteiger partial charge < -0.3 is 16.6 Å². The molecule has 1 amide bonds. The molecule has 17 heteroatoms. The number of aromatic nitrogens is 1. The molecule has 1 aromatic heterocycles. The van der Waals surface area contributed by atoms with Crippen LogP contribution in [0.1, 0.15) is 18.2 Å². The van der Waals surface area contributed by atoms with Crippen molar-refractivity contribution in [3.8, 4) is 0 Å². The minimum atomic E-state index is -5.08. The number of nitrogens with zero attached hydrogens (tertiary/aromatic N) is 1. The molecule has 0 aliphatic rings. The number of sulfonamides is 1. The lowest BCUT2D eigenvalue weighted by atomic mass is 10.1. The number of carbonyl (C=O) groups is 2. The van der Waals surface area contributed by atoms with Crippen molar-refractivity contribution in [3.05, 3.63) is 70.6 Å². The number of benzene rings is 2. The number of alkyl halides is 3. The Morgan fingerprint density at radius 1 is 1.10 bits per heavy atom. The van der Waals surface area contributed by atoms with Gasteiger partial charge in [0.05, 0.1) is 11.5 Å². The summed E-state index contributed by atoms with van der Waals surface area (Å²) in [5, 5.41) is 15.8. The highest BCUT2D eigenvalue weighted by molar-refractivity contribution is 7.92. The number of carbonyl (C=O) groups excluding carboxylic acids is 1. The number of carboxylic acids is 1. The van der Waals surface area contributed by atoms with Gasteiger partial charge in [0.2, 0.25) is 11.9 Å². The molecule has 0 aliphatic heterocycles. The Kier molecular flexibility index (Phi) is 10.2. The molecule has 2 aromatic carbocycles. The summed E-state index contributed by atoms with van der Waals surface area (Å²) in [4.78, 5) is 39.0. The molecule has 0 saturated heterocycles. The summed E-state index contributed by atoms with van der Waals surface area (Å²) in [5.41, 5.74) is 12.2. The maximum atomic E-state index is 13.1. The molecule has 13 nitrogen and oxygen atoms in total. The Bertz CT molecular complexity index is 1580. The molecule has 0 fully saturated rings.